The van der Waals surface area contributed by atoms with Crippen molar-refractivity contribution in [3.8, 4) is 0 Å². The van der Waals surface area contributed by atoms with Crippen molar-refractivity contribution in [3.63, 3.8) is 0 Å². The van der Waals surface area contributed by atoms with E-state index in [1.54, 1.807) is 5.01 Å². The van der Waals surface area contributed by atoms with E-state index in [9.17, 15) is 4.79 Å². The van der Waals surface area contributed by atoms with Gasteiger partial charge in [-0.1, -0.05) is 66.4 Å². The van der Waals surface area contributed by atoms with E-state index in [4.69, 9.17) is 4.99 Å². The molecule has 0 aromatic heterocycles. The Morgan fingerprint density at radius 2 is 1.88 bits per heavy atom. The lowest BCUT2D eigenvalue weighted by Gasteiger charge is -2.34. The van der Waals surface area contributed by atoms with Crippen LogP contribution in [0, 0.1) is 0 Å². The standard InChI is InChI=1S/C20H18N4OS/c1-13(12-14-8-4-3-5-9-14)18-21-16-11-7-6-10-15(16)17-19(25)22-20(26-2)23-24(17)18/h3-12,18H,1-2H3,(H,22,23,25)/b13-12+/t18-/m0/s1. The number of amidine groups is 1. The summed E-state index contributed by atoms with van der Waals surface area (Å²) in [6.07, 6.45) is 3.62. The van der Waals surface area contributed by atoms with Crippen molar-refractivity contribution in [2.45, 2.75) is 13.1 Å². The Bertz CT molecular complexity index is 1040. The Morgan fingerprint density at radius 3 is 2.65 bits per heavy atom. The van der Waals surface area contributed by atoms with Gasteiger partial charge in [-0.15, -0.1) is 5.10 Å². The molecule has 0 fully saturated rings. The third-order valence-corrected chi connectivity index (χ3v) is 4.88. The summed E-state index contributed by atoms with van der Waals surface area (Å²) < 4.78 is 0. The van der Waals surface area contributed by atoms with Crippen LogP contribution in [0.2, 0.25) is 0 Å². The molecule has 0 saturated carbocycles. The summed E-state index contributed by atoms with van der Waals surface area (Å²) in [6.45, 7) is 2.02. The molecule has 2 aromatic rings. The second kappa shape index (κ2) is 6.80. The number of thioether (sulfide) groups is 1. The lowest BCUT2D eigenvalue weighted by Crippen LogP contribution is -2.52. The first-order valence-electron chi connectivity index (χ1n) is 8.31. The fourth-order valence-corrected chi connectivity index (χ4v) is 3.47. The Labute approximate surface area is 155 Å². The van der Waals surface area contributed by atoms with Gasteiger partial charge in [0, 0.05) is 5.22 Å². The molecule has 2 aliphatic heterocycles. The molecule has 130 valence electrons. The smallest absolute Gasteiger partial charge is 0.276 e. The molecule has 1 atom stereocenters. The van der Waals surface area contributed by atoms with Crippen LogP contribution in [-0.2, 0) is 4.79 Å². The normalized spacial score (nSPS) is 19.2. The predicted molar refractivity (Wildman–Crippen MR) is 105 cm³/mol. The molecule has 5 nitrogen and oxygen atoms in total. The number of hydrogen-bond donors (Lipinski definition) is 1. The van der Waals surface area contributed by atoms with Crippen LogP contribution in [0.3, 0.4) is 0 Å². The number of nitrogens with one attached hydrogen (secondary N) is 1. The van der Waals surface area contributed by atoms with Crippen LogP contribution in [0.1, 0.15) is 12.5 Å². The maximum absolute atomic E-state index is 12.7. The largest absolute Gasteiger partial charge is 0.298 e. The topological polar surface area (TPSA) is 57.1 Å². The molecule has 26 heavy (non-hydrogen) atoms. The number of nitrogens with zero attached hydrogens (tertiary/aromatic N) is 3. The van der Waals surface area contributed by atoms with Crippen molar-refractivity contribution in [3.05, 3.63) is 76.3 Å². The molecular weight excluding hydrogens is 344 g/mol. The van der Waals surface area contributed by atoms with Crippen LogP contribution in [0.25, 0.3) is 11.8 Å². The summed E-state index contributed by atoms with van der Waals surface area (Å²) in [5.74, 6) is -0.149. The molecule has 2 aromatic carbocycles. The van der Waals surface area contributed by atoms with Crippen LogP contribution >= 0.6 is 11.8 Å². The Hall–Kier alpha value is -2.86. The van der Waals surface area contributed by atoms with Crippen molar-refractivity contribution >= 4 is 34.6 Å². The third kappa shape index (κ3) is 2.93. The summed E-state index contributed by atoms with van der Waals surface area (Å²) in [5, 5.41) is 11.4. The zero-order chi connectivity index (χ0) is 18.1. The van der Waals surface area contributed by atoms with Gasteiger partial charge in [-0.05, 0) is 30.4 Å². The van der Waals surface area contributed by atoms with Gasteiger partial charge in [0.15, 0.2) is 11.3 Å². The number of carbonyl (C=O) groups is 1. The number of rotatable bonds is 2. The lowest BCUT2D eigenvalue weighted by molar-refractivity contribution is -0.116. The van der Waals surface area contributed by atoms with E-state index < -0.39 is 0 Å². The zero-order valence-electron chi connectivity index (χ0n) is 14.5. The quantitative estimate of drug-likeness (QED) is 0.888. The maximum atomic E-state index is 12.7. The van der Waals surface area contributed by atoms with Gasteiger partial charge in [-0.3, -0.25) is 15.1 Å². The van der Waals surface area contributed by atoms with Crippen molar-refractivity contribution in [1.82, 2.24) is 10.3 Å². The zero-order valence-corrected chi connectivity index (χ0v) is 15.3. The second-order valence-electron chi connectivity index (χ2n) is 6.08. The molecular formula is C20H18N4OS. The number of carbonyl (C=O) groups excluding carboxylic acids is 1. The van der Waals surface area contributed by atoms with Gasteiger partial charge >= 0.3 is 0 Å². The highest BCUT2D eigenvalue weighted by Gasteiger charge is 2.33. The summed E-state index contributed by atoms with van der Waals surface area (Å²) in [7, 11) is 0. The van der Waals surface area contributed by atoms with E-state index in [-0.39, 0.29) is 12.1 Å². The molecule has 0 spiro atoms. The van der Waals surface area contributed by atoms with Crippen molar-refractivity contribution in [1.29, 1.82) is 0 Å². The van der Waals surface area contributed by atoms with E-state index in [0.29, 0.717) is 10.9 Å². The number of para-hydroxylation sites is 1. The Morgan fingerprint density at radius 1 is 1.15 bits per heavy atom. The van der Waals surface area contributed by atoms with Gasteiger partial charge in [0.25, 0.3) is 5.91 Å². The maximum Gasteiger partial charge on any atom is 0.276 e. The number of benzene rings is 2. The third-order valence-electron chi connectivity index (χ3n) is 4.31. The van der Waals surface area contributed by atoms with Gasteiger partial charge < -0.3 is 0 Å². The molecule has 2 aliphatic rings. The van der Waals surface area contributed by atoms with Crippen molar-refractivity contribution < 1.29 is 4.79 Å². The molecule has 0 saturated heterocycles. The molecule has 1 amide bonds. The van der Waals surface area contributed by atoms with Crippen LogP contribution < -0.4 is 15.9 Å². The average molecular weight is 362 g/mol. The Kier molecular flexibility index (Phi) is 4.34. The molecule has 6 heteroatoms. The first-order chi connectivity index (χ1) is 12.7. The number of hydrogen-bond acceptors (Lipinski definition) is 5. The van der Waals surface area contributed by atoms with Crippen LogP contribution in [0.15, 0.2) is 70.3 Å². The SMILES string of the molecule is CSC1=NN2C(=c3ccccc3=N[C@@H]2/C(C)=C/c2ccccc2)C(=O)N1. The predicted octanol–water partition coefficient (Wildman–Crippen LogP) is 1.92. The van der Waals surface area contributed by atoms with Gasteiger partial charge in [0.05, 0.1) is 5.36 Å². The molecule has 0 aliphatic carbocycles. The summed E-state index contributed by atoms with van der Waals surface area (Å²) in [6, 6.07) is 17.8. The minimum Gasteiger partial charge on any atom is -0.298 e. The van der Waals surface area contributed by atoms with Crippen LogP contribution in [0.5, 0.6) is 0 Å². The molecule has 0 radical (unpaired) electrons. The van der Waals surface area contributed by atoms with Crippen molar-refractivity contribution in [2.24, 2.45) is 10.1 Å². The molecule has 2 heterocycles. The van der Waals surface area contributed by atoms with E-state index in [1.165, 1.54) is 11.8 Å². The first-order valence-corrected chi connectivity index (χ1v) is 9.53. The fourth-order valence-electron chi connectivity index (χ4n) is 3.10. The van der Waals surface area contributed by atoms with E-state index in [1.807, 2.05) is 67.8 Å². The molecule has 1 N–H and O–H groups in total. The fraction of sp³-hybridized carbons (Fsp3) is 0.150. The average Bonchev–Trinajstić information content (AvgIpc) is 2.67. The highest BCUT2D eigenvalue weighted by atomic mass is 32.2. The van der Waals surface area contributed by atoms with Crippen LogP contribution in [-0.4, -0.2) is 28.5 Å². The highest BCUT2D eigenvalue weighted by molar-refractivity contribution is 8.13. The van der Waals surface area contributed by atoms with E-state index in [2.05, 4.69) is 16.5 Å². The van der Waals surface area contributed by atoms with Gasteiger partial charge in [0.1, 0.15) is 5.70 Å². The van der Waals surface area contributed by atoms with E-state index >= 15 is 0 Å². The Balaban J connectivity index is 1.89. The number of hydrazone groups is 1. The number of fused-ring (bicyclic) bond motifs is 2. The van der Waals surface area contributed by atoms with E-state index in [0.717, 1.165) is 21.7 Å². The molecule has 0 unspecified atom stereocenters. The van der Waals surface area contributed by atoms with Gasteiger partial charge in [-0.25, -0.2) is 5.01 Å². The first kappa shape index (κ1) is 16.6. The lowest BCUT2D eigenvalue weighted by atomic mass is 10.1. The summed E-state index contributed by atoms with van der Waals surface area (Å²) >= 11 is 1.41. The minimum atomic E-state index is -0.353. The number of amides is 1. The second-order valence-corrected chi connectivity index (χ2v) is 6.87. The summed E-state index contributed by atoms with van der Waals surface area (Å²) in [5.41, 5.74) is 2.65. The van der Waals surface area contributed by atoms with Gasteiger partial charge in [-0.2, -0.15) is 0 Å². The minimum absolute atomic E-state index is 0.149. The molecule has 0 bridgehead atoms. The van der Waals surface area contributed by atoms with Crippen molar-refractivity contribution in [2.75, 3.05) is 6.26 Å². The van der Waals surface area contributed by atoms with Crippen LogP contribution in [0.4, 0.5) is 0 Å². The highest BCUT2D eigenvalue weighted by Crippen LogP contribution is 2.25. The molecule has 4 rings (SSSR count). The van der Waals surface area contributed by atoms with Gasteiger partial charge in [0.2, 0.25) is 0 Å². The summed E-state index contributed by atoms with van der Waals surface area (Å²) in [4.78, 5) is 17.6. The monoisotopic (exact) mass is 362 g/mol.